The van der Waals surface area contributed by atoms with Crippen molar-refractivity contribution in [3.8, 4) is 11.3 Å². The predicted molar refractivity (Wildman–Crippen MR) is 153 cm³/mol. The van der Waals surface area contributed by atoms with Gasteiger partial charge in [0.25, 0.3) is 5.91 Å². The lowest BCUT2D eigenvalue weighted by Gasteiger charge is -2.42. The smallest absolute Gasteiger partial charge is 0.275 e. The maximum absolute atomic E-state index is 14.2. The number of imidazole rings is 1. The van der Waals surface area contributed by atoms with E-state index in [1.807, 2.05) is 35.5 Å². The first-order valence-electron chi connectivity index (χ1n) is 14.0. The van der Waals surface area contributed by atoms with Crippen LogP contribution in [0, 0.1) is 5.92 Å². The Morgan fingerprint density at radius 1 is 1.03 bits per heavy atom. The number of rotatable bonds is 7. The van der Waals surface area contributed by atoms with Crippen LogP contribution in [0.2, 0.25) is 0 Å². The minimum atomic E-state index is -0.741. The van der Waals surface area contributed by atoms with E-state index in [0.717, 1.165) is 62.9 Å². The molecule has 6 rings (SSSR count). The van der Waals surface area contributed by atoms with Crippen LogP contribution in [0.15, 0.2) is 67.0 Å². The molecule has 1 amide bonds. The number of benzene rings is 2. The molecule has 2 aromatic carbocycles. The topological polar surface area (TPSA) is 70.4 Å². The molecule has 38 heavy (non-hydrogen) atoms. The Kier molecular flexibility index (Phi) is 8.22. The Hall–Kier alpha value is -2.67. The van der Waals surface area contributed by atoms with Gasteiger partial charge in [-0.25, -0.2) is 4.98 Å². The molecule has 2 aliphatic carbocycles. The highest BCUT2D eigenvalue weighted by Gasteiger charge is 2.45. The average Bonchev–Trinajstić information content (AvgIpc) is 3.63. The molecule has 1 saturated heterocycles. The summed E-state index contributed by atoms with van der Waals surface area (Å²) in [6.07, 6.45) is 9.82. The van der Waals surface area contributed by atoms with Gasteiger partial charge >= 0.3 is 0 Å². The van der Waals surface area contributed by atoms with Crippen molar-refractivity contribution in [3.63, 3.8) is 0 Å². The molecule has 3 fully saturated rings. The van der Waals surface area contributed by atoms with E-state index in [0.29, 0.717) is 18.2 Å². The van der Waals surface area contributed by atoms with Gasteiger partial charge < -0.3 is 19.9 Å². The molecular weight excluding hydrogens is 496 g/mol. The van der Waals surface area contributed by atoms with Crippen molar-refractivity contribution in [2.75, 3.05) is 19.6 Å². The molecule has 0 unspecified atom stereocenters. The second-order valence-electron chi connectivity index (χ2n) is 11.3. The van der Waals surface area contributed by atoms with E-state index in [9.17, 15) is 9.90 Å². The van der Waals surface area contributed by atoms with Crippen LogP contribution in [0.5, 0.6) is 0 Å². The van der Waals surface area contributed by atoms with E-state index >= 15 is 0 Å². The molecule has 2 saturated carbocycles. The number of nitrogens with zero attached hydrogens (tertiary/aromatic N) is 3. The fraction of sp³-hybridized carbons (Fsp3) is 0.484. The van der Waals surface area contributed by atoms with Gasteiger partial charge in [0.2, 0.25) is 0 Å². The Balaban J connectivity index is 0.00000294. The second kappa shape index (κ2) is 11.6. The molecular formula is C31H39ClN4O2. The molecule has 0 radical (unpaired) electrons. The van der Waals surface area contributed by atoms with Crippen LogP contribution in [-0.4, -0.2) is 56.7 Å². The van der Waals surface area contributed by atoms with Crippen molar-refractivity contribution in [1.82, 2.24) is 19.8 Å². The number of carbonyl (C=O) groups excluding carboxylic acids is 1. The predicted octanol–water partition coefficient (Wildman–Crippen LogP) is 5.27. The summed E-state index contributed by atoms with van der Waals surface area (Å²) in [5.41, 5.74) is 2.83. The van der Waals surface area contributed by atoms with Gasteiger partial charge in [-0.1, -0.05) is 86.3 Å². The van der Waals surface area contributed by atoms with E-state index < -0.39 is 5.60 Å². The Labute approximate surface area is 231 Å². The highest BCUT2D eigenvalue weighted by Crippen LogP contribution is 2.48. The SMILES string of the molecule is Cl.O=C(c1ncn([C@@H]2CCCC[C@@]2(O)CC2CC2)c1-c1ccccc1)N1CCNC[C@H]1Cc1ccccc1. The van der Waals surface area contributed by atoms with E-state index in [-0.39, 0.29) is 30.4 Å². The van der Waals surface area contributed by atoms with Gasteiger partial charge in [-0.05, 0) is 37.2 Å². The van der Waals surface area contributed by atoms with Gasteiger partial charge in [0.05, 0.1) is 23.7 Å². The van der Waals surface area contributed by atoms with Crippen molar-refractivity contribution >= 4 is 18.3 Å². The van der Waals surface area contributed by atoms with Gasteiger partial charge in [0.15, 0.2) is 5.69 Å². The summed E-state index contributed by atoms with van der Waals surface area (Å²) in [6, 6.07) is 20.6. The van der Waals surface area contributed by atoms with Crippen LogP contribution in [0.3, 0.4) is 0 Å². The van der Waals surface area contributed by atoms with E-state index in [1.165, 1.54) is 18.4 Å². The van der Waals surface area contributed by atoms with Gasteiger partial charge in [0, 0.05) is 31.2 Å². The molecule has 3 aromatic rings. The van der Waals surface area contributed by atoms with Crippen LogP contribution in [0.1, 0.15) is 67.0 Å². The van der Waals surface area contributed by atoms with Crippen LogP contribution in [0.4, 0.5) is 0 Å². The zero-order valence-corrected chi connectivity index (χ0v) is 22.8. The second-order valence-corrected chi connectivity index (χ2v) is 11.3. The van der Waals surface area contributed by atoms with Crippen molar-refractivity contribution in [3.05, 3.63) is 78.2 Å². The largest absolute Gasteiger partial charge is 0.388 e. The van der Waals surface area contributed by atoms with Crippen molar-refractivity contribution in [2.45, 2.75) is 69.1 Å². The molecule has 0 bridgehead atoms. The van der Waals surface area contributed by atoms with Gasteiger partial charge in [0.1, 0.15) is 0 Å². The first-order valence-corrected chi connectivity index (χ1v) is 14.0. The normalized spacial score (nSPS) is 25.6. The molecule has 3 atom stereocenters. The first-order chi connectivity index (χ1) is 18.1. The van der Waals surface area contributed by atoms with Crippen molar-refractivity contribution in [2.24, 2.45) is 5.92 Å². The Morgan fingerprint density at radius 3 is 2.50 bits per heavy atom. The first kappa shape index (κ1) is 26.9. The number of nitrogens with one attached hydrogen (secondary N) is 1. The summed E-state index contributed by atoms with van der Waals surface area (Å²) < 4.78 is 2.15. The Bertz CT molecular complexity index is 1210. The Morgan fingerprint density at radius 2 is 1.76 bits per heavy atom. The fourth-order valence-corrected chi connectivity index (χ4v) is 6.53. The number of hydrogen-bond donors (Lipinski definition) is 2. The molecule has 2 N–H and O–H groups in total. The highest BCUT2D eigenvalue weighted by molar-refractivity contribution is 5.98. The summed E-state index contributed by atoms with van der Waals surface area (Å²) >= 11 is 0. The van der Waals surface area contributed by atoms with Gasteiger partial charge in [-0.2, -0.15) is 0 Å². The third kappa shape index (κ3) is 5.54. The van der Waals surface area contributed by atoms with E-state index in [4.69, 9.17) is 4.98 Å². The lowest BCUT2D eigenvalue weighted by molar-refractivity contribution is -0.0518. The number of piperazine rings is 1. The number of carbonyl (C=O) groups is 1. The molecule has 0 spiro atoms. The zero-order valence-electron chi connectivity index (χ0n) is 22.0. The maximum atomic E-state index is 14.2. The molecule has 1 aromatic heterocycles. The average molecular weight is 535 g/mol. The lowest BCUT2D eigenvalue weighted by atomic mass is 9.76. The summed E-state index contributed by atoms with van der Waals surface area (Å²) in [7, 11) is 0. The van der Waals surface area contributed by atoms with Gasteiger partial charge in [-0.3, -0.25) is 4.79 Å². The molecule has 202 valence electrons. The third-order valence-electron chi connectivity index (χ3n) is 8.60. The number of hydrogen-bond acceptors (Lipinski definition) is 4. The highest BCUT2D eigenvalue weighted by atomic mass is 35.5. The van der Waals surface area contributed by atoms with Crippen LogP contribution in [0.25, 0.3) is 11.3 Å². The summed E-state index contributed by atoms with van der Waals surface area (Å²) in [5.74, 6) is 0.622. The van der Waals surface area contributed by atoms with Gasteiger partial charge in [-0.15, -0.1) is 12.4 Å². The zero-order chi connectivity index (χ0) is 25.2. The number of halogens is 1. The molecule has 3 aliphatic rings. The number of amides is 1. The molecule has 7 heteroatoms. The summed E-state index contributed by atoms with van der Waals surface area (Å²) in [5, 5.41) is 15.4. The summed E-state index contributed by atoms with van der Waals surface area (Å²) in [6.45, 7) is 2.21. The van der Waals surface area contributed by atoms with Crippen LogP contribution >= 0.6 is 12.4 Å². The summed E-state index contributed by atoms with van der Waals surface area (Å²) in [4.78, 5) is 21.0. The van der Waals surface area contributed by atoms with Crippen LogP contribution in [-0.2, 0) is 6.42 Å². The molecule has 2 heterocycles. The quantitative estimate of drug-likeness (QED) is 0.433. The van der Waals surface area contributed by atoms with Crippen molar-refractivity contribution in [1.29, 1.82) is 0 Å². The number of aromatic nitrogens is 2. The molecule has 6 nitrogen and oxygen atoms in total. The third-order valence-corrected chi connectivity index (χ3v) is 8.60. The molecule has 1 aliphatic heterocycles. The minimum absolute atomic E-state index is 0. The maximum Gasteiger partial charge on any atom is 0.275 e. The minimum Gasteiger partial charge on any atom is -0.388 e. The van der Waals surface area contributed by atoms with E-state index in [2.05, 4.69) is 46.3 Å². The lowest BCUT2D eigenvalue weighted by Crippen LogP contribution is -2.54. The van der Waals surface area contributed by atoms with Crippen LogP contribution < -0.4 is 5.32 Å². The standard InChI is InChI=1S/C31H38N4O2.ClH/c36-30(34-18-17-32-21-26(34)19-23-9-3-1-4-10-23)28-29(25-11-5-2-6-12-25)35(22-33-28)27-13-7-8-16-31(27,37)20-24-14-15-24;/h1-6,9-12,22,24,26-27,32,37H,7-8,13-21H2;1H/t26-,27-,31-;/m1./s1. The fourth-order valence-electron chi connectivity index (χ4n) is 6.53. The van der Waals surface area contributed by atoms with Crippen molar-refractivity contribution < 1.29 is 9.90 Å². The monoisotopic (exact) mass is 534 g/mol. The number of aliphatic hydroxyl groups is 1. The van der Waals surface area contributed by atoms with E-state index in [1.54, 1.807) is 0 Å².